The number of oxazole rings is 1. The van der Waals surface area contributed by atoms with E-state index >= 15 is 0 Å². The van der Waals surface area contributed by atoms with E-state index in [0.29, 0.717) is 12.5 Å². The van der Waals surface area contributed by atoms with Gasteiger partial charge in [0.05, 0.1) is 5.52 Å². The zero-order valence-electron chi connectivity index (χ0n) is 22.9. The molecule has 5 heteroatoms. The van der Waals surface area contributed by atoms with Crippen LogP contribution in [0.3, 0.4) is 0 Å². The fraction of sp³-hybridized carbons (Fsp3) is 0.645. The van der Waals surface area contributed by atoms with Crippen LogP contribution in [0.2, 0.25) is 0 Å². The fourth-order valence-corrected chi connectivity index (χ4v) is 12.5. The third-order valence-corrected chi connectivity index (χ3v) is 15.2. The van der Waals surface area contributed by atoms with Crippen LogP contribution in [0.1, 0.15) is 84.6 Å². The van der Waals surface area contributed by atoms with E-state index in [1.54, 1.807) is 10.5 Å². The van der Waals surface area contributed by atoms with Crippen LogP contribution in [0.15, 0.2) is 49.0 Å². The summed E-state index contributed by atoms with van der Waals surface area (Å²) < 4.78 is 7.47. The fourth-order valence-electron chi connectivity index (χ4n) is 6.67. The summed E-state index contributed by atoms with van der Waals surface area (Å²) in [6, 6.07) is 4.54. The molecular weight excluding hydrogens is 486 g/mol. The Morgan fingerprint density at radius 2 is 1.97 bits per heavy atom. The van der Waals surface area contributed by atoms with Crippen molar-refractivity contribution in [2.24, 2.45) is 17.3 Å². The van der Waals surface area contributed by atoms with Crippen LogP contribution in [-0.4, -0.2) is 21.3 Å². The van der Waals surface area contributed by atoms with Crippen LogP contribution in [-0.2, 0) is 6.54 Å². The quantitative estimate of drug-likeness (QED) is 0.308. The van der Waals surface area contributed by atoms with Crippen molar-refractivity contribution in [3.05, 3.63) is 51.0 Å². The molecule has 1 aromatic carbocycles. The van der Waals surface area contributed by atoms with Gasteiger partial charge in [-0.1, -0.05) is 56.9 Å². The lowest BCUT2D eigenvalue weighted by molar-refractivity contribution is 0.243. The van der Waals surface area contributed by atoms with Gasteiger partial charge in [-0.05, 0) is 115 Å². The van der Waals surface area contributed by atoms with E-state index in [0.717, 1.165) is 40.1 Å². The number of halogens is 1. The number of hydrogen-bond acceptors (Lipinski definition) is 2. The molecule has 3 atom stereocenters. The summed E-state index contributed by atoms with van der Waals surface area (Å²) in [5, 5.41) is 1.72. The molecule has 36 heavy (non-hydrogen) atoms. The summed E-state index contributed by atoms with van der Waals surface area (Å²) >= 11 is 6.62. The minimum Gasteiger partial charge on any atom is -0.408 e. The Labute approximate surface area is 223 Å². The normalized spacial score (nSPS) is 26.2. The van der Waals surface area contributed by atoms with E-state index in [1.807, 2.05) is 11.5 Å². The van der Waals surface area contributed by atoms with Crippen LogP contribution in [0.25, 0.3) is 11.1 Å². The minimum absolute atomic E-state index is 0.184. The van der Waals surface area contributed by atoms with Gasteiger partial charge in [0.25, 0.3) is 0 Å². The molecule has 0 bridgehead atoms. The van der Waals surface area contributed by atoms with Crippen LogP contribution in [0.4, 0.5) is 0 Å². The number of aryl methyl sites for hydroxylation is 2. The second-order valence-corrected chi connectivity index (χ2v) is 16.1. The van der Waals surface area contributed by atoms with Crippen molar-refractivity contribution in [1.82, 2.24) is 4.57 Å². The number of aromatic nitrogens is 1. The molecule has 0 amide bonds. The number of benzene rings is 1. The largest absolute Gasteiger partial charge is 0.419 e. The van der Waals surface area contributed by atoms with Gasteiger partial charge in [0.1, 0.15) is 0 Å². The van der Waals surface area contributed by atoms with Crippen molar-refractivity contribution < 1.29 is 4.42 Å². The Morgan fingerprint density at radius 3 is 2.58 bits per heavy atom. The van der Waals surface area contributed by atoms with Crippen molar-refractivity contribution in [1.29, 1.82) is 0 Å². The van der Waals surface area contributed by atoms with E-state index in [4.69, 9.17) is 16.0 Å². The lowest BCUT2D eigenvalue weighted by Crippen LogP contribution is -2.34. The Morgan fingerprint density at radius 1 is 1.22 bits per heavy atom. The maximum absolute atomic E-state index is 12.5. The number of allylic oxidation sites excluding steroid dienone is 4. The summed E-state index contributed by atoms with van der Waals surface area (Å²) in [5.74, 6) is 3.88. The Kier molecular flexibility index (Phi) is 7.33. The van der Waals surface area contributed by atoms with Gasteiger partial charge in [0.2, 0.25) is 0 Å². The summed E-state index contributed by atoms with van der Waals surface area (Å²) in [4.78, 5) is 14.1. The molecule has 0 spiro atoms. The Hall–Kier alpha value is -1.39. The molecule has 0 aliphatic heterocycles. The van der Waals surface area contributed by atoms with Crippen LogP contribution >= 0.6 is 21.6 Å². The molecule has 0 N–H and O–H groups in total. The first-order chi connectivity index (χ1) is 17.2. The number of hydrogen-bond donors (Lipinski definition) is 0. The van der Waals surface area contributed by atoms with Crippen LogP contribution in [0.5, 0.6) is 0 Å². The van der Waals surface area contributed by atoms with Crippen molar-refractivity contribution in [3.8, 4) is 0 Å². The van der Waals surface area contributed by atoms with E-state index in [9.17, 15) is 4.79 Å². The van der Waals surface area contributed by atoms with E-state index in [-0.39, 0.29) is 11.2 Å². The second-order valence-electron chi connectivity index (χ2n) is 11.9. The predicted octanol–water partition coefficient (Wildman–Crippen LogP) is 8.94. The van der Waals surface area contributed by atoms with Gasteiger partial charge < -0.3 is 4.42 Å². The van der Waals surface area contributed by atoms with Gasteiger partial charge in [-0.25, -0.2) is 14.8 Å². The van der Waals surface area contributed by atoms with Gasteiger partial charge in [-0.2, -0.15) is 0 Å². The monoisotopic (exact) mass is 529 g/mol. The molecular formula is C31H44ClNO2S. The second kappa shape index (κ2) is 10.1. The van der Waals surface area contributed by atoms with E-state index < -0.39 is 10.0 Å². The highest BCUT2D eigenvalue weighted by Crippen LogP contribution is 2.69. The zero-order valence-corrected chi connectivity index (χ0v) is 24.4. The van der Waals surface area contributed by atoms with Gasteiger partial charge in [-0.15, -0.1) is 0 Å². The number of nitrogens with zero attached hydrogens (tertiary/aromatic N) is 1. The van der Waals surface area contributed by atoms with Crippen molar-refractivity contribution in [2.45, 2.75) is 103 Å². The Balaban J connectivity index is 1.60. The third kappa shape index (κ3) is 4.55. The average molecular weight is 530 g/mol. The van der Waals surface area contributed by atoms with Crippen molar-refractivity contribution >= 4 is 32.7 Å². The highest BCUT2D eigenvalue weighted by Gasteiger charge is 2.44. The molecule has 2 aromatic rings. The summed E-state index contributed by atoms with van der Waals surface area (Å²) in [7, 11) is -1.05. The van der Waals surface area contributed by atoms with Gasteiger partial charge in [-0.3, -0.25) is 4.57 Å². The SMILES string of the molecule is CCC(C)C1(C)CC=C(Cl)C=C1CCS(CC1CC1)(c1cc2c(cc1C)oc(=O)n2CC)C1CCC1. The first-order valence-corrected chi connectivity index (χ1v) is 16.6. The molecule has 1 heterocycles. The van der Waals surface area contributed by atoms with Crippen LogP contribution in [0, 0.1) is 24.2 Å². The standard InChI is InChI=1S/C31H44ClNO2S/c1-6-22(4)31(5)15-13-25(32)18-24(31)14-16-36(20-23-11-12-23,26-9-8-10-26)29-19-27-28(17-21(29)3)35-30(34)33(27)7-2/h13,17-19,22-23,26H,6-12,14-16,20H2,1-5H3. The number of rotatable bonds is 10. The molecule has 3 aliphatic carbocycles. The molecule has 2 fully saturated rings. The highest BCUT2D eigenvalue weighted by atomic mass is 35.5. The number of fused-ring (bicyclic) bond motifs is 1. The maximum Gasteiger partial charge on any atom is 0.419 e. The van der Waals surface area contributed by atoms with Gasteiger partial charge >= 0.3 is 5.76 Å². The highest BCUT2D eigenvalue weighted by molar-refractivity contribution is 8.34. The molecule has 3 aliphatic rings. The lowest BCUT2D eigenvalue weighted by atomic mass is 9.66. The smallest absolute Gasteiger partial charge is 0.408 e. The molecule has 0 radical (unpaired) electrons. The summed E-state index contributed by atoms with van der Waals surface area (Å²) in [5.41, 5.74) is 4.80. The first-order valence-electron chi connectivity index (χ1n) is 14.2. The average Bonchev–Trinajstić information content (AvgIpc) is 3.57. The van der Waals surface area contributed by atoms with Gasteiger partial charge in [0.15, 0.2) is 5.58 Å². The topological polar surface area (TPSA) is 35.1 Å². The zero-order chi connectivity index (χ0) is 25.7. The van der Waals surface area contributed by atoms with E-state index in [1.165, 1.54) is 55.6 Å². The van der Waals surface area contributed by atoms with Crippen molar-refractivity contribution in [2.75, 3.05) is 11.5 Å². The molecule has 3 unspecified atom stereocenters. The van der Waals surface area contributed by atoms with Gasteiger partial charge in [0, 0.05) is 11.6 Å². The molecule has 3 nitrogen and oxygen atoms in total. The predicted molar refractivity (Wildman–Crippen MR) is 156 cm³/mol. The summed E-state index contributed by atoms with van der Waals surface area (Å²) in [6.45, 7) is 12.1. The molecule has 2 saturated carbocycles. The van der Waals surface area contributed by atoms with E-state index in [2.05, 4.69) is 52.0 Å². The Bertz CT molecular complexity index is 1250. The first kappa shape index (κ1) is 26.2. The maximum atomic E-state index is 12.5. The molecule has 0 saturated heterocycles. The summed E-state index contributed by atoms with van der Waals surface area (Å²) in [6.07, 6.45) is 14.7. The van der Waals surface area contributed by atoms with Crippen LogP contribution < -0.4 is 5.76 Å². The van der Waals surface area contributed by atoms with Crippen molar-refractivity contribution in [3.63, 3.8) is 0 Å². The minimum atomic E-state index is -1.05. The third-order valence-electron chi connectivity index (χ3n) is 9.84. The molecule has 1 aromatic heterocycles. The lowest BCUT2D eigenvalue weighted by Gasteiger charge is -2.53. The molecule has 198 valence electrons. The molecule has 5 rings (SSSR count).